The molecule has 4 nitrogen and oxygen atoms in total. The quantitative estimate of drug-likeness (QED) is 0.806. The summed E-state index contributed by atoms with van der Waals surface area (Å²) in [6.45, 7) is 0. The molecule has 0 saturated heterocycles. The second kappa shape index (κ2) is 3.63. The monoisotopic (exact) mass is 264 g/mol. The lowest BCUT2D eigenvalue weighted by molar-refractivity contribution is -0.136. The predicted octanol–water partition coefficient (Wildman–Crippen LogP) is 2.70. The number of hydrogen-bond acceptors (Lipinski definition) is 2. The number of nitrogens with zero attached hydrogens (tertiary/aromatic N) is 2. The highest BCUT2D eigenvalue weighted by atomic mass is 35.5. The summed E-state index contributed by atoms with van der Waals surface area (Å²) >= 11 is 5.64. The lowest BCUT2D eigenvalue weighted by Crippen LogP contribution is -2.10. The molecule has 17 heavy (non-hydrogen) atoms. The van der Waals surface area contributed by atoms with E-state index in [4.69, 9.17) is 16.7 Å². The summed E-state index contributed by atoms with van der Waals surface area (Å²) < 4.78 is 38.8. The number of aromatic carboxylic acids is 1. The number of fused-ring (bicyclic) bond motifs is 1. The van der Waals surface area contributed by atoms with Gasteiger partial charge in [0.05, 0.1) is 17.3 Å². The molecule has 0 aliphatic heterocycles. The maximum atomic E-state index is 12.7. The van der Waals surface area contributed by atoms with E-state index in [1.807, 2.05) is 0 Å². The predicted molar refractivity (Wildman–Crippen MR) is 52.2 cm³/mol. The first kappa shape index (κ1) is 11.7. The first-order chi connectivity index (χ1) is 7.82. The molecule has 0 atom stereocenters. The topological polar surface area (TPSA) is 54.6 Å². The molecule has 0 aromatic carbocycles. The summed E-state index contributed by atoms with van der Waals surface area (Å²) in [7, 11) is 0. The van der Waals surface area contributed by atoms with E-state index >= 15 is 0 Å². The molecule has 0 fully saturated rings. The van der Waals surface area contributed by atoms with Gasteiger partial charge in [0, 0.05) is 0 Å². The van der Waals surface area contributed by atoms with Gasteiger partial charge >= 0.3 is 12.1 Å². The average Bonchev–Trinajstić information content (AvgIpc) is 2.61. The van der Waals surface area contributed by atoms with E-state index in [1.54, 1.807) is 0 Å². The summed E-state index contributed by atoms with van der Waals surface area (Å²) in [6.07, 6.45) is -3.84. The van der Waals surface area contributed by atoms with E-state index in [0.29, 0.717) is 0 Å². The minimum absolute atomic E-state index is 0.0968. The van der Waals surface area contributed by atoms with Crippen molar-refractivity contribution < 1.29 is 23.1 Å². The minimum Gasteiger partial charge on any atom is -0.478 e. The molecule has 0 aliphatic carbocycles. The Morgan fingerprint density at radius 3 is 2.59 bits per heavy atom. The standard InChI is InChI=1S/C9H4ClF3N2O2/c10-6-2-1-5(9(11,12)13)7-4(8(16)17)3-14-15(6)7/h1-3H,(H,16,17). The van der Waals surface area contributed by atoms with Gasteiger partial charge in [-0.3, -0.25) is 0 Å². The molecule has 0 spiro atoms. The van der Waals surface area contributed by atoms with E-state index in [9.17, 15) is 18.0 Å². The van der Waals surface area contributed by atoms with Gasteiger partial charge in [0.2, 0.25) is 0 Å². The molecule has 0 unspecified atom stereocenters. The maximum Gasteiger partial charge on any atom is 0.418 e. The molecule has 0 aliphatic rings. The molecule has 2 rings (SSSR count). The average molecular weight is 265 g/mol. The Kier molecular flexibility index (Phi) is 2.50. The Bertz CT molecular complexity index is 606. The SMILES string of the molecule is O=C(O)c1cnn2c(Cl)ccc(C(F)(F)F)c12. The lowest BCUT2D eigenvalue weighted by Gasteiger charge is -2.09. The molecule has 90 valence electrons. The van der Waals surface area contributed by atoms with Gasteiger partial charge in [-0.15, -0.1) is 0 Å². The first-order valence-electron chi connectivity index (χ1n) is 4.29. The maximum absolute atomic E-state index is 12.7. The molecule has 1 N–H and O–H groups in total. The van der Waals surface area contributed by atoms with Crippen LogP contribution in [0.15, 0.2) is 18.3 Å². The van der Waals surface area contributed by atoms with Gasteiger partial charge in [-0.2, -0.15) is 18.3 Å². The highest BCUT2D eigenvalue weighted by Crippen LogP contribution is 2.35. The molecule has 2 aromatic heterocycles. The van der Waals surface area contributed by atoms with Gasteiger partial charge in [-0.05, 0) is 12.1 Å². The van der Waals surface area contributed by atoms with Gasteiger partial charge in [-0.25, -0.2) is 9.31 Å². The fourth-order valence-corrected chi connectivity index (χ4v) is 1.65. The van der Waals surface area contributed by atoms with E-state index in [-0.39, 0.29) is 5.15 Å². The largest absolute Gasteiger partial charge is 0.478 e. The van der Waals surface area contributed by atoms with Crippen molar-refractivity contribution >= 4 is 23.1 Å². The normalized spacial score (nSPS) is 12.0. The number of rotatable bonds is 1. The van der Waals surface area contributed by atoms with Crippen LogP contribution in [0.4, 0.5) is 13.2 Å². The van der Waals surface area contributed by atoms with Gasteiger partial charge in [0.15, 0.2) is 0 Å². The molecular weight excluding hydrogens is 261 g/mol. The minimum atomic E-state index is -4.67. The zero-order chi connectivity index (χ0) is 12.8. The first-order valence-corrected chi connectivity index (χ1v) is 4.67. The van der Waals surface area contributed by atoms with Crippen LogP contribution in [0.5, 0.6) is 0 Å². The second-order valence-corrected chi connectivity index (χ2v) is 3.58. The molecule has 0 radical (unpaired) electrons. The Morgan fingerprint density at radius 1 is 1.41 bits per heavy atom. The number of carboxylic acid groups (broad SMARTS) is 1. The molecular formula is C9H4ClF3N2O2. The Balaban J connectivity index is 2.90. The van der Waals surface area contributed by atoms with Gasteiger partial charge in [0.1, 0.15) is 10.7 Å². The summed E-state index contributed by atoms with van der Waals surface area (Å²) in [4.78, 5) is 10.8. The van der Waals surface area contributed by atoms with Gasteiger partial charge in [-0.1, -0.05) is 11.6 Å². The van der Waals surface area contributed by atoms with Crippen LogP contribution in [0.25, 0.3) is 5.52 Å². The highest BCUT2D eigenvalue weighted by molar-refractivity contribution is 6.29. The number of alkyl halides is 3. The van der Waals surface area contributed by atoms with Crippen molar-refractivity contribution in [3.05, 3.63) is 34.6 Å². The number of hydrogen-bond donors (Lipinski definition) is 1. The van der Waals surface area contributed by atoms with Crippen LogP contribution in [-0.2, 0) is 6.18 Å². The van der Waals surface area contributed by atoms with Crippen molar-refractivity contribution in [3.63, 3.8) is 0 Å². The van der Waals surface area contributed by atoms with Crippen LogP contribution in [0.2, 0.25) is 5.15 Å². The third kappa shape index (κ3) is 1.82. The molecule has 0 amide bonds. The number of carboxylic acids is 1. The summed E-state index contributed by atoms with van der Waals surface area (Å²) in [5, 5.41) is 12.2. The summed E-state index contributed by atoms with van der Waals surface area (Å²) in [5.74, 6) is -1.49. The van der Waals surface area contributed by atoms with Crippen LogP contribution in [0.3, 0.4) is 0 Å². The fraction of sp³-hybridized carbons (Fsp3) is 0.111. The van der Waals surface area contributed by atoms with Gasteiger partial charge < -0.3 is 5.11 Å². The summed E-state index contributed by atoms with van der Waals surface area (Å²) in [6, 6.07) is 1.74. The third-order valence-corrected chi connectivity index (χ3v) is 2.44. The van der Waals surface area contributed by atoms with Crippen LogP contribution < -0.4 is 0 Å². The smallest absolute Gasteiger partial charge is 0.418 e. The zero-order valence-corrected chi connectivity index (χ0v) is 8.75. The fourth-order valence-electron chi connectivity index (χ4n) is 1.46. The van der Waals surface area contributed by atoms with Crippen molar-refractivity contribution in [3.8, 4) is 0 Å². The van der Waals surface area contributed by atoms with E-state index in [1.165, 1.54) is 0 Å². The number of halogens is 4. The molecule has 2 aromatic rings. The van der Waals surface area contributed by atoms with E-state index in [0.717, 1.165) is 22.8 Å². The zero-order valence-electron chi connectivity index (χ0n) is 7.99. The van der Waals surface area contributed by atoms with Crippen LogP contribution in [0, 0.1) is 0 Å². The molecule has 0 saturated carbocycles. The van der Waals surface area contributed by atoms with Crippen molar-refractivity contribution in [2.24, 2.45) is 0 Å². The Morgan fingerprint density at radius 2 is 2.06 bits per heavy atom. The van der Waals surface area contributed by atoms with Crippen molar-refractivity contribution in [2.75, 3.05) is 0 Å². The van der Waals surface area contributed by atoms with E-state index in [2.05, 4.69) is 5.10 Å². The number of pyridine rings is 1. The van der Waals surface area contributed by atoms with Crippen LogP contribution >= 0.6 is 11.6 Å². The molecule has 2 heterocycles. The Hall–Kier alpha value is -1.76. The van der Waals surface area contributed by atoms with Gasteiger partial charge in [0.25, 0.3) is 0 Å². The van der Waals surface area contributed by atoms with Crippen LogP contribution in [-0.4, -0.2) is 20.7 Å². The lowest BCUT2D eigenvalue weighted by atomic mass is 10.1. The van der Waals surface area contributed by atoms with Crippen molar-refractivity contribution in [1.82, 2.24) is 9.61 Å². The summed E-state index contributed by atoms with van der Waals surface area (Å²) in [5.41, 5.74) is -2.19. The number of carbonyl (C=O) groups is 1. The highest BCUT2D eigenvalue weighted by Gasteiger charge is 2.35. The van der Waals surface area contributed by atoms with Crippen molar-refractivity contribution in [2.45, 2.75) is 6.18 Å². The third-order valence-electron chi connectivity index (χ3n) is 2.15. The van der Waals surface area contributed by atoms with E-state index < -0.39 is 28.8 Å². The second-order valence-electron chi connectivity index (χ2n) is 3.19. The van der Waals surface area contributed by atoms with Crippen molar-refractivity contribution in [1.29, 1.82) is 0 Å². The molecule has 0 bridgehead atoms. The van der Waals surface area contributed by atoms with Crippen LogP contribution in [0.1, 0.15) is 15.9 Å². The molecule has 8 heteroatoms. The number of aromatic nitrogens is 2. The Labute approximate surface area is 97.2 Å².